The standard InChI is InChI=1S/C21H27N5O2/c1-3-22-21(25-11-10-23-20(27)19-5-4-12-28-19)24-9-8-16-14-26-18-13-15(2)6-7-17(16)18/h4-7,12-14,26H,3,8-11H2,1-2H3,(H,23,27)(H2,22,24,25). The average Bonchev–Trinajstić information content (AvgIpc) is 3.35. The summed E-state index contributed by atoms with van der Waals surface area (Å²) in [5.41, 5.74) is 3.67. The smallest absolute Gasteiger partial charge is 0.287 e. The minimum Gasteiger partial charge on any atom is -0.459 e. The molecular formula is C21H27N5O2. The summed E-state index contributed by atoms with van der Waals surface area (Å²) in [5, 5.41) is 10.5. The van der Waals surface area contributed by atoms with Gasteiger partial charge in [-0.1, -0.05) is 12.1 Å². The van der Waals surface area contributed by atoms with Gasteiger partial charge < -0.3 is 25.4 Å². The number of furan rings is 1. The fourth-order valence-corrected chi connectivity index (χ4v) is 2.99. The lowest BCUT2D eigenvalue weighted by atomic mass is 10.1. The first-order valence-electron chi connectivity index (χ1n) is 9.58. The van der Waals surface area contributed by atoms with Gasteiger partial charge in [0.15, 0.2) is 11.7 Å². The third-order valence-corrected chi connectivity index (χ3v) is 4.37. The number of fused-ring (bicyclic) bond motifs is 1. The van der Waals surface area contributed by atoms with Crippen molar-refractivity contribution >= 4 is 22.8 Å². The third-order valence-electron chi connectivity index (χ3n) is 4.37. The van der Waals surface area contributed by atoms with Crippen LogP contribution in [0.4, 0.5) is 0 Å². The lowest BCUT2D eigenvalue weighted by Crippen LogP contribution is -2.41. The first-order valence-corrected chi connectivity index (χ1v) is 9.58. The molecule has 7 heteroatoms. The molecule has 0 unspecified atom stereocenters. The van der Waals surface area contributed by atoms with Crippen molar-refractivity contribution in [1.82, 2.24) is 20.9 Å². The van der Waals surface area contributed by atoms with Crippen molar-refractivity contribution < 1.29 is 9.21 Å². The van der Waals surface area contributed by atoms with Crippen LogP contribution in [0.1, 0.15) is 28.6 Å². The van der Waals surface area contributed by atoms with Crippen LogP contribution in [-0.4, -0.2) is 43.0 Å². The molecule has 1 amide bonds. The van der Waals surface area contributed by atoms with Crippen molar-refractivity contribution in [2.45, 2.75) is 20.3 Å². The number of aromatic amines is 1. The van der Waals surface area contributed by atoms with E-state index in [1.165, 1.54) is 22.8 Å². The van der Waals surface area contributed by atoms with Crippen molar-refractivity contribution in [3.63, 3.8) is 0 Å². The Labute approximate surface area is 164 Å². The Balaban J connectivity index is 1.47. The molecule has 0 spiro atoms. The molecule has 2 heterocycles. The maximum Gasteiger partial charge on any atom is 0.287 e. The molecule has 4 N–H and O–H groups in total. The van der Waals surface area contributed by atoms with E-state index in [-0.39, 0.29) is 5.91 Å². The number of aryl methyl sites for hydroxylation is 1. The van der Waals surface area contributed by atoms with Crippen molar-refractivity contribution in [2.24, 2.45) is 4.99 Å². The van der Waals surface area contributed by atoms with E-state index in [9.17, 15) is 4.79 Å². The van der Waals surface area contributed by atoms with Gasteiger partial charge >= 0.3 is 0 Å². The first-order chi connectivity index (χ1) is 13.7. The first kappa shape index (κ1) is 19.5. The summed E-state index contributed by atoms with van der Waals surface area (Å²) in [6.45, 7) is 6.62. The van der Waals surface area contributed by atoms with Gasteiger partial charge in [0, 0.05) is 43.3 Å². The van der Waals surface area contributed by atoms with Gasteiger partial charge in [-0.25, -0.2) is 0 Å². The number of aromatic nitrogens is 1. The van der Waals surface area contributed by atoms with E-state index in [0.29, 0.717) is 25.4 Å². The molecule has 0 saturated carbocycles. The molecule has 0 aliphatic heterocycles. The Kier molecular flexibility index (Phi) is 6.73. The van der Waals surface area contributed by atoms with E-state index in [2.05, 4.69) is 57.2 Å². The molecule has 1 aromatic carbocycles. The molecule has 0 fully saturated rings. The molecule has 3 rings (SSSR count). The minimum atomic E-state index is -0.219. The summed E-state index contributed by atoms with van der Waals surface area (Å²) in [6, 6.07) is 9.78. The van der Waals surface area contributed by atoms with Gasteiger partial charge in [-0.3, -0.25) is 9.79 Å². The Morgan fingerprint density at radius 1 is 1.18 bits per heavy atom. The van der Waals surface area contributed by atoms with Gasteiger partial charge in [-0.2, -0.15) is 0 Å². The number of aliphatic imine (C=N–C) groups is 1. The van der Waals surface area contributed by atoms with Crippen LogP contribution in [0, 0.1) is 6.92 Å². The lowest BCUT2D eigenvalue weighted by molar-refractivity contribution is 0.0926. The van der Waals surface area contributed by atoms with Crippen molar-refractivity contribution in [2.75, 3.05) is 26.2 Å². The summed E-state index contributed by atoms with van der Waals surface area (Å²) < 4.78 is 5.07. The number of nitrogens with zero attached hydrogens (tertiary/aromatic N) is 1. The van der Waals surface area contributed by atoms with Crippen LogP contribution < -0.4 is 16.0 Å². The second-order valence-electron chi connectivity index (χ2n) is 6.53. The van der Waals surface area contributed by atoms with E-state index in [0.717, 1.165) is 24.4 Å². The van der Waals surface area contributed by atoms with Crippen molar-refractivity contribution in [1.29, 1.82) is 0 Å². The zero-order valence-electron chi connectivity index (χ0n) is 16.3. The summed E-state index contributed by atoms with van der Waals surface area (Å²) in [5.74, 6) is 0.836. The number of amides is 1. The van der Waals surface area contributed by atoms with Crippen LogP contribution in [-0.2, 0) is 6.42 Å². The van der Waals surface area contributed by atoms with Crippen LogP contribution in [0.2, 0.25) is 0 Å². The average molecular weight is 381 g/mol. The number of hydrogen-bond donors (Lipinski definition) is 4. The second-order valence-corrected chi connectivity index (χ2v) is 6.53. The van der Waals surface area contributed by atoms with E-state index < -0.39 is 0 Å². The number of H-pyrrole nitrogens is 1. The molecule has 0 saturated heterocycles. The number of guanidine groups is 1. The van der Waals surface area contributed by atoms with Gasteiger partial charge in [-0.05, 0) is 49.6 Å². The number of hydrogen-bond acceptors (Lipinski definition) is 3. The van der Waals surface area contributed by atoms with E-state index in [1.807, 2.05) is 6.92 Å². The molecule has 0 aliphatic carbocycles. The predicted octanol–water partition coefficient (Wildman–Crippen LogP) is 2.60. The molecule has 3 aromatic rings. The highest BCUT2D eigenvalue weighted by molar-refractivity contribution is 5.91. The van der Waals surface area contributed by atoms with Crippen molar-refractivity contribution in [3.05, 3.63) is 59.7 Å². The number of carbonyl (C=O) groups is 1. The number of nitrogens with one attached hydrogen (secondary N) is 4. The highest BCUT2D eigenvalue weighted by Crippen LogP contribution is 2.19. The molecular weight excluding hydrogens is 354 g/mol. The summed E-state index contributed by atoms with van der Waals surface area (Å²) >= 11 is 0. The van der Waals surface area contributed by atoms with Gasteiger partial charge in [-0.15, -0.1) is 0 Å². The van der Waals surface area contributed by atoms with Gasteiger partial charge in [0.1, 0.15) is 0 Å². The fourth-order valence-electron chi connectivity index (χ4n) is 2.99. The molecule has 28 heavy (non-hydrogen) atoms. The topological polar surface area (TPSA) is 94.5 Å². The van der Waals surface area contributed by atoms with Crippen molar-refractivity contribution in [3.8, 4) is 0 Å². The summed E-state index contributed by atoms with van der Waals surface area (Å²) in [4.78, 5) is 19.8. The number of rotatable bonds is 8. The van der Waals surface area contributed by atoms with E-state index >= 15 is 0 Å². The van der Waals surface area contributed by atoms with Gasteiger partial charge in [0.25, 0.3) is 5.91 Å². The Hall–Kier alpha value is -3.22. The number of carbonyl (C=O) groups excluding carboxylic acids is 1. The van der Waals surface area contributed by atoms with Gasteiger partial charge in [0.2, 0.25) is 0 Å². The van der Waals surface area contributed by atoms with E-state index in [4.69, 9.17) is 4.42 Å². The van der Waals surface area contributed by atoms with Crippen LogP contribution >= 0.6 is 0 Å². The Bertz CT molecular complexity index is 928. The second kappa shape index (κ2) is 9.64. The molecule has 2 aromatic heterocycles. The Morgan fingerprint density at radius 3 is 2.82 bits per heavy atom. The highest BCUT2D eigenvalue weighted by Gasteiger charge is 2.07. The highest BCUT2D eigenvalue weighted by atomic mass is 16.3. The molecule has 0 bridgehead atoms. The molecule has 0 atom stereocenters. The maximum absolute atomic E-state index is 11.8. The monoisotopic (exact) mass is 381 g/mol. The van der Waals surface area contributed by atoms with Crippen LogP contribution in [0.25, 0.3) is 10.9 Å². The third kappa shape index (κ3) is 5.16. The summed E-state index contributed by atoms with van der Waals surface area (Å²) in [6.07, 6.45) is 4.40. The predicted molar refractivity (Wildman–Crippen MR) is 112 cm³/mol. The zero-order chi connectivity index (χ0) is 19.8. The van der Waals surface area contributed by atoms with Crippen LogP contribution in [0.3, 0.4) is 0 Å². The fraction of sp³-hybridized carbons (Fsp3) is 0.333. The number of benzene rings is 1. The molecule has 7 nitrogen and oxygen atoms in total. The summed E-state index contributed by atoms with van der Waals surface area (Å²) in [7, 11) is 0. The van der Waals surface area contributed by atoms with Gasteiger partial charge in [0.05, 0.1) is 6.26 Å². The largest absolute Gasteiger partial charge is 0.459 e. The lowest BCUT2D eigenvalue weighted by Gasteiger charge is -2.11. The van der Waals surface area contributed by atoms with E-state index in [1.54, 1.807) is 12.1 Å². The maximum atomic E-state index is 11.8. The zero-order valence-corrected chi connectivity index (χ0v) is 16.3. The molecule has 148 valence electrons. The quantitative estimate of drug-likeness (QED) is 0.274. The normalized spacial score (nSPS) is 11.6. The minimum absolute atomic E-state index is 0.219. The molecule has 0 radical (unpaired) electrons. The van der Waals surface area contributed by atoms with Crippen LogP contribution in [0.15, 0.2) is 52.2 Å². The van der Waals surface area contributed by atoms with Crippen LogP contribution in [0.5, 0.6) is 0 Å². The molecule has 0 aliphatic rings. The Morgan fingerprint density at radius 2 is 2.04 bits per heavy atom. The SMILES string of the molecule is CCNC(=NCCc1c[nH]c2cc(C)ccc12)NCCNC(=O)c1ccco1.